The molecule has 0 saturated heterocycles. The summed E-state index contributed by atoms with van der Waals surface area (Å²) >= 11 is 1.75. The van der Waals surface area contributed by atoms with Crippen molar-refractivity contribution in [3.8, 4) is 0 Å². The molecule has 0 spiro atoms. The molecule has 0 saturated carbocycles. The highest BCUT2D eigenvalue weighted by Crippen LogP contribution is 2.60. The molecule has 0 aromatic heterocycles. The maximum Gasteiger partial charge on any atom is 0.397 e. The zero-order valence-corrected chi connectivity index (χ0v) is 11.4. The normalized spacial score (nSPS) is 16.2. The predicted octanol–water partition coefficient (Wildman–Crippen LogP) is 2.16. The van der Waals surface area contributed by atoms with Crippen LogP contribution in [0.15, 0.2) is 5.10 Å². The lowest BCUT2D eigenvalue weighted by Gasteiger charge is -2.14. The molecule has 1 aliphatic heterocycles. The van der Waals surface area contributed by atoms with E-state index in [1.807, 2.05) is 0 Å². The van der Waals surface area contributed by atoms with Crippen LogP contribution in [0, 0.1) is 0 Å². The molecule has 0 aliphatic carbocycles. The second kappa shape index (κ2) is 5.92. The average molecular weight is 286 g/mol. The molecule has 1 amide bonds. The van der Waals surface area contributed by atoms with Crippen molar-refractivity contribution in [2.24, 2.45) is 5.10 Å². The lowest BCUT2D eigenvalue weighted by atomic mass is 11.1. The van der Waals surface area contributed by atoms with E-state index < -0.39 is 12.0 Å². The second-order valence-electron chi connectivity index (χ2n) is 2.41. The topological polar surface area (TPSA) is 77.4 Å². The molecule has 0 radical (unpaired) electrons. The van der Waals surface area contributed by atoms with Crippen LogP contribution in [0.3, 0.4) is 0 Å². The molecule has 7 nitrogen and oxygen atoms in total. The fourth-order valence-electron chi connectivity index (χ4n) is 0.758. The van der Waals surface area contributed by atoms with E-state index in [-0.39, 0.29) is 0 Å². The third-order valence-corrected chi connectivity index (χ3v) is 5.92. The molecule has 1 heterocycles. The van der Waals surface area contributed by atoms with Crippen LogP contribution in [-0.2, 0) is 18.3 Å². The first-order valence-corrected chi connectivity index (χ1v) is 7.97. The fraction of sp³-hybridized carbons (Fsp3) is 0.667. The van der Waals surface area contributed by atoms with E-state index in [0.29, 0.717) is 22.5 Å². The number of nitrogens with zero attached hydrogens (tertiary/aromatic N) is 2. The molecule has 0 fully saturated rings. The molecule has 0 N–H and O–H groups in total. The van der Waals surface area contributed by atoms with Gasteiger partial charge in [-0.3, -0.25) is 4.79 Å². The Morgan fingerprint density at radius 1 is 1.50 bits per heavy atom. The molecular weight excluding hydrogens is 275 g/mol. The molecule has 0 atom stereocenters. The van der Waals surface area contributed by atoms with Gasteiger partial charge in [0.2, 0.25) is 0 Å². The number of hydrazone groups is 1. The Bertz CT molecular complexity index is 342. The summed E-state index contributed by atoms with van der Waals surface area (Å²) in [4.78, 5) is 11.6. The van der Waals surface area contributed by atoms with Gasteiger partial charge >= 0.3 is 12.0 Å². The molecule has 1 rings (SSSR count). The number of thioether (sulfide) groups is 1. The second-order valence-corrected chi connectivity index (χ2v) is 7.35. The zero-order chi connectivity index (χ0) is 12.2. The summed E-state index contributed by atoms with van der Waals surface area (Å²) in [6.07, 6.45) is 0. The van der Waals surface area contributed by atoms with E-state index in [9.17, 15) is 9.36 Å². The summed E-state index contributed by atoms with van der Waals surface area (Å²) < 4.78 is 25.8. The van der Waals surface area contributed by atoms with E-state index in [0.717, 1.165) is 5.01 Å². The first-order chi connectivity index (χ1) is 7.54. The highest BCUT2D eigenvalue weighted by atomic mass is 32.7. The molecule has 0 aromatic carbocycles. The van der Waals surface area contributed by atoms with E-state index in [1.54, 1.807) is 0 Å². The van der Waals surface area contributed by atoms with Gasteiger partial charge in [0.1, 0.15) is 5.88 Å². The Labute approximate surface area is 101 Å². The number of amides is 1. The van der Waals surface area contributed by atoms with Crippen LogP contribution in [0.1, 0.15) is 0 Å². The standard InChI is InChI=1S/C6H11N2O5PS2/c1-11-5-7-8(4-15-5)6(9)16-14(10,12-2)13-3/h4H2,1-3H3. The number of carbonyl (C=O) groups excluding carboxylic acids is 1. The third-order valence-electron chi connectivity index (χ3n) is 1.54. The molecule has 92 valence electrons. The molecule has 16 heavy (non-hydrogen) atoms. The van der Waals surface area contributed by atoms with Crippen molar-refractivity contribution in [1.29, 1.82) is 0 Å². The van der Waals surface area contributed by atoms with E-state index in [2.05, 4.69) is 14.1 Å². The van der Waals surface area contributed by atoms with Crippen LogP contribution in [0.4, 0.5) is 4.79 Å². The Hall–Kier alpha value is -0.210. The summed E-state index contributed by atoms with van der Waals surface area (Å²) in [5, 5.41) is 4.86. The first kappa shape index (κ1) is 13.9. The Balaban J connectivity index is 2.60. The summed E-state index contributed by atoms with van der Waals surface area (Å²) in [5.74, 6) is 0.322. The summed E-state index contributed by atoms with van der Waals surface area (Å²) in [7, 11) is 3.89. The molecule has 0 aromatic rings. The Morgan fingerprint density at radius 3 is 2.56 bits per heavy atom. The van der Waals surface area contributed by atoms with E-state index in [1.165, 1.54) is 33.1 Å². The van der Waals surface area contributed by atoms with Crippen LogP contribution in [0.2, 0.25) is 0 Å². The molecule has 1 aliphatic rings. The van der Waals surface area contributed by atoms with Gasteiger partial charge in [0, 0.05) is 14.2 Å². The number of rotatable bonds is 3. The number of carbonyl (C=O) groups is 1. The minimum absolute atomic E-state index is 0.322. The van der Waals surface area contributed by atoms with Crippen LogP contribution in [0.5, 0.6) is 0 Å². The van der Waals surface area contributed by atoms with Gasteiger partial charge in [-0.05, 0) is 11.8 Å². The largest absolute Gasteiger partial charge is 0.475 e. The predicted molar refractivity (Wildman–Crippen MR) is 63.4 cm³/mol. The zero-order valence-electron chi connectivity index (χ0n) is 8.91. The van der Waals surface area contributed by atoms with Gasteiger partial charge in [-0.25, -0.2) is 9.57 Å². The Morgan fingerprint density at radius 2 is 2.12 bits per heavy atom. The third kappa shape index (κ3) is 3.39. The van der Waals surface area contributed by atoms with Crippen LogP contribution in [0.25, 0.3) is 0 Å². The lowest BCUT2D eigenvalue weighted by molar-refractivity contribution is 0.233. The average Bonchev–Trinajstić information content (AvgIpc) is 2.77. The van der Waals surface area contributed by atoms with Crippen molar-refractivity contribution in [2.75, 3.05) is 27.2 Å². The number of ether oxygens (including phenoxy) is 1. The number of methoxy groups -OCH3 is 1. The smallest absolute Gasteiger partial charge is 0.397 e. The monoisotopic (exact) mass is 286 g/mol. The van der Waals surface area contributed by atoms with Gasteiger partial charge < -0.3 is 13.8 Å². The Kier molecular flexibility index (Phi) is 5.13. The molecule has 0 bridgehead atoms. The molecule has 10 heteroatoms. The van der Waals surface area contributed by atoms with Gasteiger partial charge in [0.25, 0.3) is 5.23 Å². The maximum absolute atomic E-state index is 11.7. The lowest BCUT2D eigenvalue weighted by Crippen LogP contribution is -2.17. The van der Waals surface area contributed by atoms with Crippen molar-refractivity contribution in [3.63, 3.8) is 0 Å². The quantitative estimate of drug-likeness (QED) is 0.736. The highest BCUT2D eigenvalue weighted by Gasteiger charge is 2.32. The fourth-order valence-corrected chi connectivity index (χ4v) is 3.51. The van der Waals surface area contributed by atoms with Crippen LogP contribution >= 0.6 is 29.9 Å². The van der Waals surface area contributed by atoms with Gasteiger partial charge in [-0.2, -0.15) is 0 Å². The summed E-state index contributed by atoms with van der Waals surface area (Å²) in [6.45, 7) is -3.41. The maximum atomic E-state index is 11.7. The summed E-state index contributed by atoms with van der Waals surface area (Å²) in [5.41, 5.74) is 0. The van der Waals surface area contributed by atoms with Crippen LogP contribution in [-0.4, -0.2) is 42.7 Å². The first-order valence-electron chi connectivity index (χ1n) is 4.02. The van der Waals surface area contributed by atoms with Gasteiger partial charge in [0.05, 0.1) is 18.5 Å². The van der Waals surface area contributed by atoms with Crippen molar-refractivity contribution >= 4 is 40.4 Å². The van der Waals surface area contributed by atoms with Gasteiger partial charge in [0.15, 0.2) is 0 Å². The highest BCUT2D eigenvalue weighted by molar-refractivity contribution is 8.62. The number of hydrogen-bond acceptors (Lipinski definition) is 8. The van der Waals surface area contributed by atoms with Crippen LogP contribution < -0.4 is 0 Å². The van der Waals surface area contributed by atoms with E-state index in [4.69, 9.17) is 4.74 Å². The SMILES string of the molecule is COC1=NN(C(=O)SP(=O)(OC)OC)CS1. The van der Waals surface area contributed by atoms with Crippen molar-refractivity contribution in [3.05, 3.63) is 0 Å². The van der Waals surface area contributed by atoms with Crippen molar-refractivity contribution < 1.29 is 23.1 Å². The van der Waals surface area contributed by atoms with Gasteiger partial charge in [-0.1, -0.05) is 0 Å². The van der Waals surface area contributed by atoms with Gasteiger partial charge in [-0.15, -0.1) is 5.10 Å². The minimum atomic E-state index is -3.41. The van der Waals surface area contributed by atoms with E-state index >= 15 is 0 Å². The number of hydrogen-bond donors (Lipinski definition) is 0. The minimum Gasteiger partial charge on any atom is -0.475 e. The summed E-state index contributed by atoms with van der Waals surface area (Å²) in [6, 6.07) is 0. The van der Waals surface area contributed by atoms with Crippen molar-refractivity contribution in [1.82, 2.24) is 5.01 Å². The molecular formula is C6H11N2O5PS2. The van der Waals surface area contributed by atoms with Crippen molar-refractivity contribution in [2.45, 2.75) is 0 Å². The molecule has 0 unspecified atom stereocenters.